The summed E-state index contributed by atoms with van der Waals surface area (Å²) in [4.78, 5) is 12.4. The number of aliphatic hydroxyl groups excluding tert-OH is 2. The Labute approximate surface area is 363 Å². The summed E-state index contributed by atoms with van der Waals surface area (Å²) >= 11 is 0. The van der Waals surface area contributed by atoms with Crippen LogP contribution in [-0.4, -0.2) is 34.9 Å². The van der Waals surface area contributed by atoms with Gasteiger partial charge in [0, 0.05) is 6.42 Å². The first-order chi connectivity index (χ1) is 28.7. The van der Waals surface area contributed by atoms with Gasteiger partial charge in [-0.05, 0) is 44.9 Å². The molecule has 2 unspecified atom stereocenters. The Morgan fingerprint density at radius 2 is 0.672 bits per heavy atom. The molecule has 4 nitrogen and oxygen atoms in total. The Balaban J connectivity index is 3.53. The van der Waals surface area contributed by atoms with Gasteiger partial charge >= 0.3 is 0 Å². The van der Waals surface area contributed by atoms with Crippen molar-refractivity contribution in [2.45, 2.75) is 296 Å². The summed E-state index contributed by atoms with van der Waals surface area (Å²) < 4.78 is 0. The third-order valence-corrected chi connectivity index (χ3v) is 12.1. The summed E-state index contributed by atoms with van der Waals surface area (Å²) in [6, 6.07) is -0.643. The molecule has 0 aromatic heterocycles. The van der Waals surface area contributed by atoms with E-state index in [0.717, 1.165) is 38.5 Å². The Hall–Kier alpha value is -1.39. The second-order valence-electron chi connectivity index (χ2n) is 17.9. The second kappa shape index (κ2) is 50.0. The van der Waals surface area contributed by atoms with Crippen molar-refractivity contribution in [3.63, 3.8) is 0 Å². The van der Waals surface area contributed by atoms with Gasteiger partial charge in [-0.15, -0.1) is 0 Å². The minimum absolute atomic E-state index is 0.0749. The van der Waals surface area contributed by atoms with E-state index < -0.39 is 12.1 Å². The molecule has 0 rings (SSSR count). The van der Waals surface area contributed by atoms with Gasteiger partial charge in [-0.1, -0.05) is 269 Å². The number of hydrogen-bond acceptors (Lipinski definition) is 3. The molecule has 0 heterocycles. The van der Waals surface area contributed by atoms with E-state index in [4.69, 9.17) is 0 Å². The molecule has 0 aromatic rings. The van der Waals surface area contributed by atoms with Crippen molar-refractivity contribution < 1.29 is 15.0 Å². The second-order valence-corrected chi connectivity index (χ2v) is 17.9. The van der Waals surface area contributed by atoms with Crippen LogP contribution in [0.1, 0.15) is 284 Å². The summed E-state index contributed by atoms with van der Waals surface area (Å²) in [7, 11) is 0. The predicted molar refractivity (Wildman–Crippen MR) is 258 cm³/mol. The van der Waals surface area contributed by atoms with Gasteiger partial charge in [0.1, 0.15) is 0 Å². The number of carbonyl (C=O) groups is 1. The first kappa shape index (κ1) is 56.6. The maximum atomic E-state index is 12.4. The summed E-state index contributed by atoms with van der Waals surface area (Å²) in [5, 5.41) is 23.1. The van der Waals surface area contributed by atoms with E-state index in [-0.39, 0.29) is 12.5 Å². The lowest BCUT2D eigenvalue weighted by Crippen LogP contribution is -2.45. The average molecular weight is 814 g/mol. The highest BCUT2D eigenvalue weighted by Crippen LogP contribution is 2.17. The summed E-state index contributed by atoms with van der Waals surface area (Å²) in [6.07, 6.45) is 67.3. The molecule has 4 heteroatoms. The highest BCUT2D eigenvalue weighted by molar-refractivity contribution is 5.76. The third-order valence-electron chi connectivity index (χ3n) is 12.1. The van der Waals surface area contributed by atoms with Gasteiger partial charge < -0.3 is 15.5 Å². The maximum Gasteiger partial charge on any atom is 0.220 e. The van der Waals surface area contributed by atoms with E-state index in [0.29, 0.717) is 6.42 Å². The molecule has 0 saturated heterocycles. The minimum Gasteiger partial charge on any atom is -0.394 e. The van der Waals surface area contributed by atoms with Crippen LogP contribution in [0.15, 0.2) is 36.5 Å². The van der Waals surface area contributed by atoms with E-state index in [1.54, 1.807) is 6.08 Å². The van der Waals surface area contributed by atoms with Gasteiger partial charge in [0.2, 0.25) is 5.91 Å². The molecule has 0 spiro atoms. The van der Waals surface area contributed by atoms with Gasteiger partial charge in [-0.3, -0.25) is 4.79 Å². The van der Waals surface area contributed by atoms with Crippen molar-refractivity contribution in [3.8, 4) is 0 Å². The van der Waals surface area contributed by atoms with Gasteiger partial charge in [-0.25, -0.2) is 0 Å². The van der Waals surface area contributed by atoms with E-state index in [1.807, 2.05) is 6.08 Å². The Bertz CT molecular complexity index is 882. The topological polar surface area (TPSA) is 69.6 Å². The molecule has 0 aliphatic heterocycles. The SMILES string of the molecule is CCCCCCCCCCCCCCCCCCCCCCC/C=C/CC/C=C/CC/C=C/C(O)C(CO)NC(=O)CCCCCCCCCCCCCCCCC. The van der Waals surface area contributed by atoms with Crippen molar-refractivity contribution in [2.24, 2.45) is 0 Å². The molecule has 0 aromatic carbocycles. The Morgan fingerprint density at radius 1 is 0.397 bits per heavy atom. The quantitative estimate of drug-likeness (QED) is 0.0423. The molecular formula is C54H103NO3. The lowest BCUT2D eigenvalue weighted by Gasteiger charge is -2.19. The van der Waals surface area contributed by atoms with Gasteiger partial charge in [0.15, 0.2) is 0 Å². The zero-order valence-corrected chi connectivity index (χ0v) is 39.3. The van der Waals surface area contributed by atoms with Crippen LogP contribution in [-0.2, 0) is 4.79 Å². The van der Waals surface area contributed by atoms with E-state index >= 15 is 0 Å². The Kier molecular flexibility index (Phi) is 48.8. The number of allylic oxidation sites excluding steroid dienone is 5. The highest BCUT2D eigenvalue weighted by Gasteiger charge is 2.17. The van der Waals surface area contributed by atoms with Crippen molar-refractivity contribution in [3.05, 3.63) is 36.5 Å². The van der Waals surface area contributed by atoms with Crippen LogP contribution in [0.3, 0.4) is 0 Å². The zero-order chi connectivity index (χ0) is 42.1. The van der Waals surface area contributed by atoms with Crippen LogP contribution >= 0.6 is 0 Å². The first-order valence-electron chi connectivity index (χ1n) is 26.2. The average Bonchev–Trinajstić information content (AvgIpc) is 3.23. The lowest BCUT2D eigenvalue weighted by atomic mass is 10.0. The molecule has 0 aliphatic rings. The normalized spacial score (nSPS) is 13.1. The van der Waals surface area contributed by atoms with E-state index in [9.17, 15) is 15.0 Å². The number of rotatable bonds is 48. The van der Waals surface area contributed by atoms with Crippen molar-refractivity contribution in [1.29, 1.82) is 0 Å². The fraction of sp³-hybridized carbons (Fsp3) is 0.870. The molecule has 0 radical (unpaired) electrons. The summed E-state index contributed by atoms with van der Waals surface area (Å²) in [6.45, 7) is 4.32. The largest absolute Gasteiger partial charge is 0.394 e. The zero-order valence-electron chi connectivity index (χ0n) is 39.3. The summed E-state index contributed by atoms with van der Waals surface area (Å²) in [5.74, 6) is -0.0749. The molecule has 58 heavy (non-hydrogen) atoms. The smallest absolute Gasteiger partial charge is 0.220 e. The fourth-order valence-corrected chi connectivity index (χ4v) is 8.10. The molecule has 0 aliphatic carbocycles. The van der Waals surface area contributed by atoms with Crippen molar-refractivity contribution >= 4 is 5.91 Å². The van der Waals surface area contributed by atoms with Crippen molar-refractivity contribution in [1.82, 2.24) is 5.32 Å². The fourth-order valence-electron chi connectivity index (χ4n) is 8.10. The number of unbranched alkanes of at least 4 members (excludes halogenated alkanes) is 37. The van der Waals surface area contributed by atoms with Crippen molar-refractivity contribution in [2.75, 3.05) is 6.61 Å². The first-order valence-corrected chi connectivity index (χ1v) is 26.2. The van der Waals surface area contributed by atoms with Crippen LogP contribution in [0.4, 0.5) is 0 Å². The number of aliphatic hydroxyl groups is 2. The number of amides is 1. The molecule has 2 atom stereocenters. The maximum absolute atomic E-state index is 12.4. The highest BCUT2D eigenvalue weighted by atomic mass is 16.3. The minimum atomic E-state index is -0.868. The molecule has 0 saturated carbocycles. The van der Waals surface area contributed by atoms with Crippen LogP contribution in [0, 0.1) is 0 Å². The van der Waals surface area contributed by atoms with Gasteiger partial charge in [0.05, 0.1) is 18.8 Å². The van der Waals surface area contributed by atoms with Crippen LogP contribution < -0.4 is 5.32 Å². The summed E-state index contributed by atoms with van der Waals surface area (Å²) in [5.41, 5.74) is 0. The molecule has 0 fully saturated rings. The molecule has 342 valence electrons. The van der Waals surface area contributed by atoms with Crippen LogP contribution in [0.2, 0.25) is 0 Å². The van der Waals surface area contributed by atoms with Crippen LogP contribution in [0.25, 0.3) is 0 Å². The third kappa shape index (κ3) is 45.7. The Morgan fingerprint density at radius 3 is 1.00 bits per heavy atom. The van der Waals surface area contributed by atoms with E-state index in [1.165, 1.54) is 225 Å². The number of carbonyl (C=O) groups excluding carboxylic acids is 1. The van der Waals surface area contributed by atoms with E-state index in [2.05, 4.69) is 43.5 Å². The number of hydrogen-bond donors (Lipinski definition) is 3. The van der Waals surface area contributed by atoms with Gasteiger partial charge in [-0.2, -0.15) is 0 Å². The molecule has 3 N–H and O–H groups in total. The monoisotopic (exact) mass is 814 g/mol. The van der Waals surface area contributed by atoms with Crippen LogP contribution in [0.5, 0.6) is 0 Å². The molecule has 1 amide bonds. The predicted octanol–water partition coefficient (Wildman–Crippen LogP) is 16.9. The van der Waals surface area contributed by atoms with Gasteiger partial charge in [0.25, 0.3) is 0 Å². The number of nitrogens with one attached hydrogen (secondary N) is 1. The standard InChI is InChI=1S/C54H103NO3/c1-3-5-7-9-11-13-15-17-19-20-21-22-23-24-25-26-27-28-29-30-31-32-33-34-36-37-39-41-43-45-47-49-53(57)52(51-56)55-54(58)50-48-46-44-42-40-38-35-18-16-14-12-10-8-6-4-2/h33-34,39,41,47,49,52-53,56-57H,3-32,35-38,40,42-46,48,50-51H2,1-2H3,(H,55,58)/b34-33+,41-39+,49-47+. The lowest BCUT2D eigenvalue weighted by molar-refractivity contribution is -0.123. The molecule has 0 bridgehead atoms. The molecular weight excluding hydrogens is 711 g/mol.